The minimum absolute atomic E-state index is 0.103. The third-order valence-electron chi connectivity index (χ3n) is 4.76. The molecule has 7 nitrogen and oxygen atoms in total. The summed E-state index contributed by atoms with van der Waals surface area (Å²) in [6.07, 6.45) is 1.93. The van der Waals surface area contributed by atoms with Crippen molar-refractivity contribution in [1.82, 2.24) is 10.2 Å². The highest BCUT2D eigenvalue weighted by Gasteiger charge is 2.28. The van der Waals surface area contributed by atoms with Gasteiger partial charge < -0.3 is 9.84 Å². The Labute approximate surface area is 146 Å². The molecule has 0 saturated carbocycles. The summed E-state index contributed by atoms with van der Waals surface area (Å²) in [5.74, 6) is -0.398. The molecule has 0 aliphatic carbocycles. The lowest BCUT2D eigenvalue weighted by Crippen LogP contribution is -2.46. The van der Waals surface area contributed by atoms with E-state index >= 15 is 0 Å². The van der Waals surface area contributed by atoms with Gasteiger partial charge in [-0.25, -0.2) is 0 Å². The summed E-state index contributed by atoms with van der Waals surface area (Å²) in [6.45, 7) is 1.67. The van der Waals surface area contributed by atoms with Crippen LogP contribution in [0.3, 0.4) is 0 Å². The van der Waals surface area contributed by atoms with E-state index in [1.54, 1.807) is 0 Å². The van der Waals surface area contributed by atoms with Crippen LogP contribution in [0, 0.1) is 0 Å². The number of rotatable bonds is 5. The molecular formula is C18H22N2O5. The molecule has 1 aromatic carbocycles. The van der Waals surface area contributed by atoms with Crippen molar-refractivity contribution in [1.29, 1.82) is 0 Å². The zero-order valence-electron chi connectivity index (χ0n) is 13.9. The van der Waals surface area contributed by atoms with Crippen molar-refractivity contribution >= 4 is 17.8 Å². The maximum absolute atomic E-state index is 11.7. The van der Waals surface area contributed by atoms with Crippen molar-refractivity contribution in [2.24, 2.45) is 0 Å². The van der Waals surface area contributed by atoms with E-state index in [0.29, 0.717) is 24.5 Å². The predicted octanol–water partition coefficient (Wildman–Crippen LogP) is 1.13. The number of hydrogen-bond acceptors (Lipinski definition) is 5. The lowest BCUT2D eigenvalue weighted by molar-refractivity contribution is -0.139. The van der Waals surface area contributed by atoms with Crippen molar-refractivity contribution in [3.8, 4) is 5.75 Å². The summed E-state index contributed by atoms with van der Waals surface area (Å²) in [6, 6.07) is 7.70. The van der Waals surface area contributed by atoms with Crippen molar-refractivity contribution in [3.63, 3.8) is 0 Å². The molecule has 2 aliphatic rings. The van der Waals surface area contributed by atoms with Gasteiger partial charge in [-0.3, -0.25) is 24.6 Å². The van der Waals surface area contributed by atoms with E-state index in [1.807, 2.05) is 29.2 Å². The first kappa shape index (κ1) is 17.4. The number of likely N-dealkylation sites (tertiary alicyclic amines) is 1. The van der Waals surface area contributed by atoms with E-state index < -0.39 is 12.1 Å². The molecule has 0 spiro atoms. The Morgan fingerprint density at radius 2 is 1.84 bits per heavy atom. The number of benzene rings is 1. The summed E-state index contributed by atoms with van der Waals surface area (Å²) in [5.41, 5.74) is 1.20. The highest BCUT2D eigenvalue weighted by Crippen LogP contribution is 2.29. The van der Waals surface area contributed by atoms with Crippen LogP contribution in [0.4, 0.5) is 0 Å². The van der Waals surface area contributed by atoms with Gasteiger partial charge in [0.15, 0.2) is 6.10 Å². The zero-order valence-corrected chi connectivity index (χ0v) is 13.9. The van der Waals surface area contributed by atoms with E-state index in [-0.39, 0.29) is 18.4 Å². The Morgan fingerprint density at radius 1 is 1.16 bits per heavy atom. The van der Waals surface area contributed by atoms with Gasteiger partial charge in [-0.15, -0.1) is 0 Å². The number of aliphatic carboxylic acids is 1. The molecule has 2 fully saturated rings. The molecule has 1 unspecified atom stereocenters. The van der Waals surface area contributed by atoms with Crippen LogP contribution in [0.25, 0.3) is 0 Å². The minimum atomic E-state index is -0.784. The average Bonchev–Trinajstić information content (AvgIpc) is 2.58. The Balaban J connectivity index is 1.53. The van der Waals surface area contributed by atoms with E-state index in [0.717, 1.165) is 25.9 Å². The highest BCUT2D eigenvalue weighted by atomic mass is 16.5. The second kappa shape index (κ2) is 7.65. The van der Waals surface area contributed by atoms with Crippen LogP contribution in [-0.4, -0.2) is 53.5 Å². The molecule has 2 heterocycles. The van der Waals surface area contributed by atoms with Crippen molar-refractivity contribution in [2.75, 3.05) is 19.6 Å². The molecule has 0 radical (unpaired) electrons. The molecule has 0 bridgehead atoms. The monoisotopic (exact) mass is 346 g/mol. The van der Waals surface area contributed by atoms with Gasteiger partial charge in [-0.2, -0.15) is 0 Å². The number of carboxylic acid groups (broad SMARTS) is 1. The summed E-state index contributed by atoms with van der Waals surface area (Å²) in [5, 5.41) is 11.1. The summed E-state index contributed by atoms with van der Waals surface area (Å²) >= 11 is 0. The molecule has 2 saturated heterocycles. The van der Waals surface area contributed by atoms with Gasteiger partial charge in [-0.1, -0.05) is 12.1 Å². The molecule has 3 rings (SSSR count). The largest absolute Gasteiger partial charge is 0.481 e. The molecule has 1 aromatic rings. The van der Waals surface area contributed by atoms with Crippen LogP contribution in [0.2, 0.25) is 0 Å². The fourth-order valence-electron chi connectivity index (χ4n) is 3.38. The number of nitrogens with zero attached hydrogens (tertiary/aromatic N) is 1. The Bertz CT molecular complexity index is 650. The third kappa shape index (κ3) is 4.57. The number of imide groups is 1. The standard InChI is InChI=1S/C18H22N2O5/c21-16-6-5-15(18(24)19-16)25-14-3-1-12(2-4-14)13-7-9-20(10-8-13)11-17(22)23/h1-4,13,15H,5-11H2,(H,22,23)(H,19,21,24). The third-order valence-corrected chi connectivity index (χ3v) is 4.76. The van der Waals surface area contributed by atoms with Gasteiger partial charge in [-0.05, 0) is 49.5 Å². The van der Waals surface area contributed by atoms with Gasteiger partial charge in [0.2, 0.25) is 5.91 Å². The zero-order chi connectivity index (χ0) is 17.8. The van der Waals surface area contributed by atoms with Gasteiger partial charge >= 0.3 is 5.97 Å². The number of carbonyl (C=O) groups excluding carboxylic acids is 2. The number of ether oxygens (including phenoxy) is 1. The van der Waals surface area contributed by atoms with Gasteiger partial charge in [0.1, 0.15) is 5.75 Å². The molecule has 2 aliphatic heterocycles. The van der Waals surface area contributed by atoms with Gasteiger partial charge in [0.05, 0.1) is 6.54 Å². The Hall–Kier alpha value is -2.41. The van der Waals surface area contributed by atoms with Crippen molar-refractivity contribution < 1.29 is 24.2 Å². The van der Waals surface area contributed by atoms with Crippen LogP contribution >= 0.6 is 0 Å². The molecule has 7 heteroatoms. The van der Waals surface area contributed by atoms with Crippen LogP contribution in [-0.2, 0) is 14.4 Å². The van der Waals surface area contributed by atoms with Crippen molar-refractivity contribution in [2.45, 2.75) is 37.7 Å². The Kier molecular flexibility index (Phi) is 5.33. The van der Waals surface area contributed by atoms with Gasteiger partial charge in [0.25, 0.3) is 5.91 Å². The van der Waals surface area contributed by atoms with Crippen LogP contribution in [0.5, 0.6) is 5.75 Å². The molecule has 2 amide bonds. The topological polar surface area (TPSA) is 95.9 Å². The second-order valence-corrected chi connectivity index (χ2v) is 6.57. The first-order valence-corrected chi connectivity index (χ1v) is 8.56. The first-order valence-electron chi connectivity index (χ1n) is 8.56. The number of carbonyl (C=O) groups is 3. The lowest BCUT2D eigenvalue weighted by Gasteiger charge is -2.31. The normalized spacial score (nSPS) is 22.5. The van der Waals surface area contributed by atoms with E-state index in [2.05, 4.69) is 5.32 Å². The molecule has 2 N–H and O–H groups in total. The summed E-state index contributed by atoms with van der Waals surface area (Å²) in [7, 11) is 0. The van der Waals surface area contributed by atoms with Crippen LogP contribution in [0.15, 0.2) is 24.3 Å². The number of amides is 2. The average molecular weight is 346 g/mol. The number of hydrogen-bond donors (Lipinski definition) is 2. The Morgan fingerprint density at radius 3 is 2.44 bits per heavy atom. The maximum atomic E-state index is 11.7. The molecule has 134 valence electrons. The van der Waals surface area contributed by atoms with E-state index in [9.17, 15) is 14.4 Å². The smallest absolute Gasteiger partial charge is 0.317 e. The predicted molar refractivity (Wildman–Crippen MR) is 89.3 cm³/mol. The van der Waals surface area contributed by atoms with Gasteiger partial charge in [0, 0.05) is 12.8 Å². The fourth-order valence-corrected chi connectivity index (χ4v) is 3.38. The number of piperidine rings is 2. The highest BCUT2D eigenvalue weighted by molar-refractivity contribution is 5.99. The van der Waals surface area contributed by atoms with Crippen LogP contribution < -0.4 is 10.1 Å². The number of nitrogens with one attached hydrogen (secondary N) is 1. The van der Waals surface area contributed by atoms with Crippen LogP contribution in [0.1, 0.15) is 37.2 Å². The van der Waals surface area contributed by atoms with Crippen molar-refractivity contribution in [3.05, 3.63) is 29.8 Å². The SMILES string of the molecule is O=C(O)CN1CCC(c2ccc(OC3CCC(=O)NC3=O)cc2)CC1. The summed E-state index contributed by atoms with van der Waals surface area (Å²) < 4.78 is 5.68. The summed E-state index contributed by atoms with van der Waals surface area (Å²) in [4.78, 5) is 35.6. The minimum Gasteiger partial charge on any atom is -0.481 e. The molecular weight excluding hydrogens is 324 g/mol. The van der Waals surface area contributed by atoms with E-state index in [1.165, 1.54) is 5.56 Å². The van der Waals surface area contributed by atoms with E-state index in [4.69, 9.17) is 9.84 Å². The quantitative estimate of drug-likeness (QED) is 0.776. The fraction of sp³-hybridized carbons (Fsp3) is 0.500. The second-order valence-electron chi connectivity index (χ2n) is 6.57. The number of carboxylic acids is 1. The molecule has 0 aromatic heterocycles. The molecule has 1 atom stereocenters. The lowest BCUT2D eigenvalue weighted by atomic mass is 9.89. The first-order chi connectivity index (χ1) is 12.0. The molecule has 25 heavy (non-hydrogen) atoms. The maximum Gasteiger partial charge on any atom is 0.317 e.